The summed E-state index contributed by atoms with van der Waals surface area (Å²) >= 11 is 0. The van der Waals surface area contributed by atoms with Gasteiger partial charge in [-0.25, -0.2) is 18.7 Å². The molecule has 0 amide bonds. The molecule has 0 saturated heterocycles. The van der Waals surface area contributed by atoms with Crippen LogP contribution in [0.25, 0.3) is 0 Å². The number of benzene rings is 1. The van der Waals surface area contributed by atoms with Gasteiger partial charge in [0.25, 0.3) is 0 Å². The molecule has 0 aliphatic carbocycles. The summed E-state index contributed by atoms with van der Waals surface area (Å²) in [6.07, 6.45) is 3.05. The zero-order valence-electron chi connectivity index (χ0n) is 9.44. The average Bonchev–Trinajstić information content (AvgIpc) is 2.38. The highest BCUT2D eigenvalue weighted by Crippen LogP contribution is 2.23. The van der Waals surface area contributed by atoms with Crippen LogP contribution in [0.15, 0.2) is 30.6 Å². The van der Waals surface area contributed by atoms with Crippen molar-refractivity contribution in [1.82, 2.24) is 9.97 Å². The van der Waals surface area contributed by atoms with Gasteiger partial charge in [0.05, 0.1) is 0 Å². The fourth-order valence-electron chi connectivity index (χ4n) is 1.41. The van der Waals surface area contributed by atoms with Gasteiger partial charge in [-0.3, -0.25) is 0 Å². The van der Waals surface area contributed by atoms with E-state index in [1.54, 1.807) is 6.07 Å². The van der Waals surface area contributed by atoms with Gasteiger partial charge in [-0.2, -0.15) is 0 Å². The van der Waals surface area contributed by atoms with E-state index in [9.17, 15) is 8.78 Å². The van der Waals surface area contributed by atoms with Gasteiger partial charge in [-0.15, -0.1) is 0 Å². The molecule has 1 aromatic carbocycles. The van der Waals surface area contributed by atoms with Crippen LogP contribution in [0.1, 0.15) is 11.4 Å². The Labute approximate surface area is 102 Å². The Kier molecular flexibility index (Phi) is 3.78. The number of aromatic nitrogens is 2. The molecule has 18 heavy (non-hydrogen) atoms. The summed E-state index contributed by atoms with van der Waals surface area (Å²) in [7, 11) is 0. The van der Waals surface area contributed by atoms with Crippen molar-refractivity contribution in [3.8, 4) is 5.75 Å². The molecular formula is C12H11F2N3O. The minimum atomic E-state index is -0.786. The third kappa shape index (κ3) is 2.78. The summed E-state index contributed by atoms with van der Waals surface area (Å²) in [5.41, 5.74) is 5.68. The molecule has 2 N–H and O–H groups in total. The smallest absolute Gasteiger partial charge is 0.191 e. The molecular weight excluding hydrogens is 240 g/mol. The Balaban J connectivity index is 2.15. The second-order valence-corrected chi connectivity index (χ2v) is 3.55. The van der Waals surface area contributed by atoms with Gasteiger partial charge in [0, 0.05) is 18.9 Å². The molecule has 0 aliphatic heterocycles. The summed E-state index contributed by atoms with van der Waals surface area (Å²) in [4.78, 5) is 7.77. The molecule has 2 aromatic rings. The van der Waals surface area contributed by atoms with Crippen molar-refractivity contribution in [2.24, 2.45) is 5.73 Å². The molecule has 2 rings (SSSR count). The van der Waals surface area contributed by atoms with Crippen LogP contribution < -0.4 is 10.5 Å². The van der Waals surface area contributed by atoms with Crippen molar-refractivity contribution < 1.29 is 13.5 Å². The summed E-state index contributed by atoms with van der Waals surface area (Å²) in [5.74, 6) is -1.67. The molecule has 94 valence electrons. The maximum Gasteiger partial charge on any atom is 0.191 e. The number of halogens is 2. The molecule has 4 nitrogen and oxygen atoms in total. The standard InChI is InChI=1S/C12H11F2N3O/c13-9-4-8(6-15)5-10(14)12(9)18-7-11-16-2-1-3-17-11/h1-5H,6-7,15H2. The highest BCUT2D eigenvalue weighted by atomic mass is 19.1. The summed E-state index contributed by atoms with van der Waals surface area (Å²) in [6.45, 7) is -0.0352. The van der Waals surface area contributed by atoms with Crippen LogP contribution in [0.4, 0.5) is 8.78 Å². The third-order valence-electron chi connectivity index (χ3n) is 2.26. The van der Waals surface area contributed by atoms with Gasteiger partial charge in [0.15, 0.2) is 23.2 Å². The Bertz CT molecular complexity index is 511. The van der Waals surface area contributed by atoms with E-state index in [0.717, 1.165) is 12.1 Å². The van der Waals surface area contributed by atoms with Crippen molar-refractivity contribution in [1.29, 1.82) is 0 Å². The molecule has 0 fully saturated rings. The van der Waals surface area contributed by atoms with E-state index in [-0.39, 0.29) is 13.2 Å². The average molecular weight is 251 g/mol. The number of hydrogen-bond acceptors (Lipinski definition) is 4. The Hall–Kier alpha value is -2.08. The molecule has 0 saturated carbocycles. The van der Waals surface area contributed by atoms with Gasteiger partial charge in [-0.1, -0.05) is 0 Å². The molecule has 6 heteroatoms. The monoisotopic (exact) mass is 251 g/mol. The van der Waals surface area contributed by atoms with E-state index in [4.69, 9.17) is 10.5 Å². The van der Waals surface area contributed by atoms with E-state index in [0.29, 0.717) is 11.4 Å². The molecule has 0 aliphatic rings. The molecule has 0 bridgehead atoms. The van der Waals surface area contributed by atoms with Crippen LogP contribution in [0.3, 0.4) is 0 Å². The maximum absolute atomic E-state index is 13.5. The second kappa shape index (κ2) is 5.50. The van der Waals surface area contributed by atoms with E-state index in [1.165, 1.54) is 12.4 Å². The van der Waals surface area contributed by atoms with E-state index >= 15 is 0 Å². The molecule has 0 radical (unpaired) electrons. The first-order valence-corrected chi connectivity index (χ1v) is 5.27. The van der Waals surface area contributed by atoms with Crippen LogP contribution in [0.5, 0.6) is 5.75 Å². The summed E-state index contributed by atoms with van der Waals surface area (Å²) in [6, 6.07) is 3.93. The number of nitrogens with zero attached hydrogens (tertiary/aromatic N) is 2. The lowest BCUT2D eigenvalue weighted by Crippen LogP contribution is -2.05. The first kappa shape index (κ1) is 12.4. The number of nitrogens with two attached hydrogens (primary N) is 1. The first-order valence-electron chi connectivity index (χ1n) is 5.27. The highest BCUT2D eigenvalue weighted by molar-refractivity contribution is 5.31. The predicted octanol–water partition coefficient (Wildman–Crippen LogP) is 1.79. The lowest BCUT2D eigenvalue weighted by Gasteiger charge is -2.08. The van der Waals surface area contributed by atoms with E-state index < -0.39 is 17.4 Å². The number of hydrogen-bond donors (Lipinski definition) is 1. The van der Waals surface area contributed by atoms with Crippen LogP contribution in [-0.2, 0) is 13.2 Å². The minimum Gasteiger partial charge on any atom is -0.479 e. The van der Waals surface area contributed by atoms with Crippen LogP contribution >= 0.6 is 0 Å². The zero-order valence-corrected chi connectivity index (χ0v) is 9.44. The third-order valence-corrected chi connectivity index (χ3v) is 2.26. The SMILES string of the molecule is NCc1cc(F)c(OCc2ncccn2)c(F)c1. The van der Waals surface area contributed by atoms with Gasteiger partial charge in [-0.05, 0) is 23.8 Å². The minimum absolute atomic E-state index is 0.0654. The Morgan fingerprint density at radius 1 is 1.11 bits per heavy atom. The van der Waals surface area contributed by atoms with Crippen LogP contribution in [-0.4, -0.2) is 9.97 Å². The quantitative estimate of drug-likeness (QED) is 0.900. The summed E-state index contributed by atoms with van der Waals surface area (Å²) < 4.78 is 32.1. The van der Waals surface area contributed by atoms with Crippen molar-refractivity contribution in [3.05, 3.63) is 53.6 Å². The normalized spacial score (nSPS) is 10.4. The van der Waals surface area contributed by atoms with Gasteiger partial charge < -0.3 is 10.5 Å². The molecule has 0 atom stereocenters. The zero-order chi connectivity index (χ0) is 13.0. The van der Waals surface area contributed by atoms with Crippen molar-refractivity contribution in [2.75, 3.05) is 0 Å². The first-order chi connectivity index (χ1) is 8.70. The van der Waals surface area contributed by atoms with Gasteiger partial charge in [0.2, 0.25) is 0 Å². The fraction of sp³-hybridized carbons (Fsp3) is 0.167. The highest BCUT2D eigenvalue weighted by Gasteiger charge is 2.12. The lowest BCUT2D eigenvalue weighted by atomic mass is 10.2. The Morgan fingerprint density at radius 3 is 2.28 bits per heavy atom. The molecule has 1 heterocycles. The number of rotatable bonds is 4. The molecule has 0 spiro atoms. The largest absolute Gasteiger partial charge is 0.479 e. The van der Waals surface area contributed by atoms with Crippen LogP contribution in [0, 0.1) is 11.6 Å². The predicted molar refractivity (Wildman–Crippen MR) is 60.6 cm³/mol. The van der Waals surface area contributed by atoms with Gasteiger partial charge >= 0.3 is 0 Å². The topological polar surface area (TPSA) is 61.0 Å². The summed E-state index contributed by atoms with van der Waals surface area (Å²) in [5, 5.41) is 0. The van der Waals surface area contributed by atoms with Crippen molar-refractivity contribution in [3.63, 3.8) is 0 Å². The second-order valence-electron chi connectivity index (χ2n) is 3.55. The molecule has 0 unspecified atom stereocenters. The van der Waals surface area contributed by atoms with Gasteiger partial charge in [0.1, 0.15) is 6.61 Å². The van der Waals surface area contributed by atoms with Crippen molar-refractivity contribution >= 4 is 0 Å². The van der Waals surface area contributed by atoms with Crippen molar-refractivity contribution in [2.45, 2.75) is 13.2 Å². The van der Waals surface area contributed by atoms with Crippen LogP contribution in [0.2, 0.25) is 0 Å². The molecule has 1 aromatic heterocycles. The van der Waals surface area contributed by atoms with E-state index in [1.807, 2.05) is 0 Å². The maximum atomic E-state index is 13.5. The number of ether oxygens (including phenoxy) is 1. The Morgan fingerprint density at radius 2 is 1.72 bits per heavy atom. The fourth-order valence-corrected chi connectivity index (χ4v) is 1.41. The van der Waals surface area contributed by atoms with E-state index in [2.05, 4.69) is 9.97 Å². The lowest BCUT2D eigenvalue weighted by molar-refractivity contribution is 0.265.